The Morgan fingerprint density at radius 3 is 2.84 bits per heavy atom. The van der Waals surface area contributed by atoms with Crippen molar-refractivity contribution < 1.29 is 14.8 Å². The van der Waals surface area contributed by atoms with E-state index in [1.54, 1.807) is 0 Å². The normalized spacial score (nSPS) is 24.7. The van der Waals surface area contributed by atoms with Crippen LogP contribution >= 0.6 is 0 Å². The number of aromatic carboxylic acids is 1. The molecule has 19 heavy (non-hydrogen) atoms. The molecule has 7 nitrogen and oxygen atoms in total. The van der Waals surface area contributed by atoms with Crippen LogP contribution < -0.4 is 4.90 Å². The van der Waals surface area contributed by atoms with Crippen molar-refractivity contribution in [2.45, 2.75) is 25.3 Å². The van der Waals surface area contributed by atoms with E-state index in [1.807, 2.05) is 4.90 Å². The van der Waals surface area contributed by atoms with Gasteiger partial charge in [0.05, 0.1) is 10.5 Å². The molecule has 2 heterocycles. The van der Waals surface area contributed by atoms with E-state index < -0.39 is 10.9 Å². The van der Waals surface area contributed by atoms with Gasteiger partial charge in [0.25, 0.3) is 0 Å². The van der Waals surface area contributed by atoms with E-state index in [4.69, 9.17) is 5.11 Å². The van der Waals surface area contributed by atoms with E-state index in [0.717, 1.165) is 25.5 Å². The van der Waals surface area contributed by atoms with E-state index in [9.17, 15) is 14.9 Å². The standard InChI is InChI=1S/C12H13N3O4/c16-12(17)8-4-10(15(18)19)11(13-5-8)14-6-7-1-2-9(14)3-7/h4-5,7,9H,1-3,6H2,(H,16,17). The quantitative estimate of drug-likeness (QED) is 0.658. The van der Waals surface area contributed by atoms with Crippen molar-refractivity contribution in [1.82, 2.24) is 4.98 Å². The summed E-state index contributed by atoms with van der Waals surface area (Å²) in [6, 6.07) is 1.41. The molecule has 2 fully saturated rings. The molecule has 1 saturated heterocycles. The Kier molecular flexibility index (Phi) is 2.62. The van der Waals surface area contributed by atoms with Crippen LogP contribution in [-0.4, -0.2) is 33.6 Å². The number of hydrogen-bond acceptors (Lipinski definition) is 5. The first kappa shape index (κ1) is 11.9. The smallest absolute Gasteiger partial charge is 0.337 e. The minimum Gasteiger partial charge on any atom is -0.478 e. The molecule has 0 aromatic carbocycles. The molecule has 7 heteroatoms. The minimum atomic E-state index is -1.20. The highest BCUT2D eigenvalue weighted by Crippen LogP contribution is 2.42. The molecule has 2 aliphatic rings. The van der Waals surface area contributed by atoms with Gasteiger partial charge in [-0.2, -0.15) is 0 Å². The summed E-state index contributed by atoms with van der Waals surface area (Å²) in [6.45, 7) is 0.783. The third-order valence-corrected chi connectivity index (χ3v) is 3.97. The lowest BCUT2D eigenvalue weighted by Gasteiger charge is -2.27. The van der Waals surface area contributed by atoms with Crippen molar-refractivity contribution in [1.29, 1.82) is 0 Å². The van der Waals surface area contributed by atoms with Crippen molar-refractivity contribution in [3.8, 4) is 0 Å². The summed E-state index contributed by atoms with van der Waals surface area (Å²) < 4.78 is 0. The molecule has 1 N–H and O–H groups in total. The Hall–Kier alpha value is -2.18. The Morgan fingerprint density at radius 2 is 2.32 bits per heavy atom. The SMILES string of the molecule is O=C(O)c1cnc(N2CC3CCC2C3)c([N+](=O)[O-])c1. The summed E-state index contributed by atoms with van der Waals surface area (Å²) in [5, 5.41) is 20.0. The van der Waals surface area contributed by atoms with Crippen LogP contribution in [0.2, 0.25) is 0 Å². The second-order valence-corrected chi connectivity index (χ2v) is 5.11. The topological polar surface area (TPSA) is 96.6 Å². The molecule has 1 aromatic rings. The average molecular weight is 263 g/mol. The molecule has 1 aromatic heterocycles. The molecule has 1 saturated carbocycles. The molecule has 2 atom stereocenters. The van der Waals surface area contributed by atoms with Gasteiger partial charge in [0.1, 0.15) is 0 Å². The summed E-state index contributed by atoms with van der Waals surface area (Å²) in [7, 11) is 0. The van der Waals surface area contributed by atoms with Gasteiger partial charge >= 0.3 is 11.7 Å². The number of carboxylic acids is 1. The fourth-order valence-electron chi connectivity index (χ4n) is 3.10. The second kappa shape index (κ2) is 4.18. The predicted molar refractivity (Wildman–Crippen MR) is 66.3 cm³/mol. The van der Waals surface area contributed by atoms with Gasteiger partial charge in [0, 0.05) is 24.8 Å². The van der Waals surface area contributed by atoms with Crippen LogP contribution in [0.4, 0.5) is 11.5 Å². The summed E-state index contributed by atoms with van der Waals surface area (Å²) in [4.78, 5) is 27.4. The van der Waals surface area contributed by atoms with Gasteiger partial charge in [-0.05, 0) is 25.2 Å². The number of carbonyl (C=O) groups is 1. The average Bonchev–Trinajstić information content (AvgIpc) is 3.00. The lowest BCUT2D eigenvalue weighted by molar-refractivity contribution is -0.384. The number of nitrogens with zero attached hydrogens (tertiary/aromatic N) is 3. The zero-order valence-electron chi connectivity index (χ0n) is 10.2. The van der Waals surface area contributed by atoms with Crippen molar-refractivity contribution in [2.24, 2.45) is 5.92 Å². The lowest BCUT2D eigenvalue weighted by Crippen LogP contribution is -2.33. The minimum absolute atomic E-state index is 0.153. The van der Waals surface area contributed by atoms with E-state index in [0.29, 0.717) is 17.8 Å². The van der Waals surface area contributed by atoms with Crippen LogP contribution in [0.25, 0.3) is 0 Å². The Balaban J connectivity index is 2.01. The zero-order valence-corrected chi connectivity index (χ0v) is 10.2. The summed E-state index contributed by atoms with van der Waals surface area (Å²) in [5.41, 5.74) is -0.368. The number of pyridine rings is 1. The van der Waals surface area contributed by atoms with Crippen molar-refractivity contribution in [2.75, 3.05) is 11.4 Å². The van der Waals surface area contributed by atoms with Gasteiger partial charge in [0.2, 0.25) is 5.82 Å². The molecule has 2 bridgehead atoms. The van der Waals surface area contributed by atoms with Gasteiger partial charge in [-0.15, -0.1) is 0 Å². The largest absolute Gasteiger partial charge is 0.478 e. The highest BCUT2D eigenvalue weighted by molar-refractivity contribution is 5.88. The van der Waals surface area contributed by atoms with Gasteiger partial charge in [-0.3, -0.25) is 10.1 Å². The van der Waals surface area contributed by atoms with E-state index in [1.165, 1.54) is 12.6 Å². The molecule has 1 aliphatic carbocycles. The van der Waals surface area contributed by atoms with Crippen molar-refractivity contribution >= 4 is 17.5 Å². The van der Waals surface area contributed by atoms with Crippen molar-refractivity contribution in [3.63, 3.8) is 0 Å². The highest BCUT2D eigenvalue weighted by atomic mass is 16.6. The first-order valence-corrected chi connectivity index (χ1v) is 6.20. The maximum absolute atomic E-state index is 11.1. The molecule has 2 unspecified atom stereocenters. The van der Waals surface area contributed by atoms with Crippen LogP contribution in [0.3, 0.4) is 0 Å². The molecule has 1 aliphatic heterocycles. The molecule has 3 rings (SSSR count). The van der Waals surface area contributed by atoms with Gasteiger partial charge < -0.3 is 10.0 Å². The molecule has 0 spiro atoms. The molecule has 0 radical (unpaired) electrons. The fourth-order valence-corrected chi connectivity index (χ4v) is 3.10. The number of nitro groups is 1. The van der Waals surface area contributed by atoms with E-state index in [-0.39, 0.29) is 11.3 Å². The Labute approximate surface area is 109 Å². The zero-order chi connectivity index (χ0) is 13.6. The van der Waals surface area contributed by atoms with E-state index in [2.05, 4.69) is 4.98 Å². The first-order valence-electron chi connectivity index (χ1n) is 6.20. The predicted octanol–water partition coefficient (Wildman–Crippen LogP) is 1.68. The number of aromatic nitrogens is 1. The van der Waals surface area contributed by atoms with Crippen LogP contribution in [0, 0.1) is 16.0 Å². The highest BCUT2D eigenvalue weighted by Gasteiger charge is 2.41. The lowest BCUT2D eigenvalue weighted by atomic mass is 10.1. The number of anilines is 1. The first-order chi connectivity index (χ1) is 9.06. The van der Waals surface area contributed by atoms with Crippen LogP contribution in [0.5, 0.6) is 0 Å². The Morgan fingerprint density at radius 1 is 1.53 bits per heavy atom. The van der Waals surface area contributed by atoms with Crippen LogP contribution in [0.15, 0.2) is 12.3 Å². The third kappa shape index (κ3) is 1.91. The number of hydrogen-bond donors (Lipinski definition) is 1. The van der Waals surface area contributed by atoms with Gasteiger partial charge in [-0.25, -0.2) is 9.78 Å². The fraction of sp³-hybridized carbons (Fsp3) is 0.500. The molecule has 0 amide bonds. The summed E-state index contributed by atoms with van der Waals surface area (Å²) >= 11 is 0. The van der Waals surface area contributed by atoms with Gasteiger partial charge in [-0.1, -0.05) is 0 Å². The number of piperidine rings is 1. The maximum atomic E-state index is 11.1. The van der Waals surface area contributed by atoms with Gasteiger partial charge in [0.15, 0.2) is 0 Å². The Bertz CT molecular complexity index is 560. The second-order valence-electron chi connectivity index (χ2n) is 5.11. The van der Waals surface area contributed by atoms with Crippen LogP contribution in [-0.2, 0) is 0 Å². The summed E-state index contributed by atoms with van der Waals surface area (Å²) in [6.07, 6.45) is 4.45. The third-order valence-electron chi connectivity index (χ3n) is 3.97. The van der Waals surface area contributed by atoms with Crippen LogP contribution in [0.1, 0.15) is 29.6 Å². The van der Waals surface area contributed by atoms with E-state index >= 15 is 0 Å². The number of rotatable bonds is 3. The maximum Gasteiger partial charge on any atom is 0.337 e. The molecular formula is C12H13N3O4. The number of carboxylic acid groups (broad SMARTS) is 1. The monoisotopic (exact) mass is 263 g/mol. The molecule has 100 valence electrons. The molecular weight excluding hydrogens is 250 g/mol. The summed E-state index contributed by atoms with van der Waals surface area (Å²) in [5.74, 6) is -0.308. The number of fused-ring (bicyclic) bond motifs is 2. The van der Waals surface area contributed by atoms with Crippen molar-refractivity contribution in [3.05, 3.63) is 27.9 Å².